The Morgan fingerprint density at radius 3 is 2.55 bits per heavy atom. The second-order valence-corrected chi connectivity index (χ2v) is 6.25. The summed E-state index contributed by atoms with van der Waals surface area (Å²) in [7, 11) is 0. The average Bonchev–Trinajstić information content (AvgIpc) is 2.48. The van der Waals surface area contributed by atoms with E-state index in [9.17, 15) is 10.2 Å². The van der Waals surface area contributed by atoms with Gasteiger partial charge in [-0.2, -0.15) is 0 Å². The minimum Gasteiger partial charge on any atom is -0.504 e. The zero-order valence-corrected chi connectivity index (χ0v) is 13.3. The summed E-state index contributed by atoms with van der Waals surface area (Å²) in [6.07, 6.45) is 2.01. The summed E-state index contributed by atoms with van der Waals surface area (Å²) >= 11 is 0. The van der Waals surface area contributed by atoms with E-state index in [4.69, 9.17) is 0 Å². The number of fused-ring (bicyclic) bond motifs is 5. The van der Waals surface area contributed by atoms with Crippen LogP contribution in [0, 0.1) is 6.92 Å². The first-order chi connectivity index (χ1) is 10.1. The number of nitrogens with one attached hydrogen (secondary N) is 1. The van der Waals surface area contributed by atoms with Gasteiger partial charge in [0, 0.05) is 18.5 Å². The lowest BCUT2D eigenvalue weighted by atomic mass is 9.72. The Labute approximate surface area is 136 Å². The smallest absolute Gasteiger partial charge is 0.157 e. The molecule has 0 fully saturated rings. The van der Waals surface area contributed by atoms with E-state index >= 15 is 0 Å². The summed E-state index contributed by atoms with van der Waals surface area (Å²) in [6.45, 7) is 3.03. The van der Waals surface area contributed by atoms with E-state index in [0.29, 0.717) is 6.04 Å². The molecule has 3 nitrogen and oxygen atoms in total. The van der Waals surface area contributed by atoms with Crippen LogP contribution in [0.4, 0.5) is 0 Å². The molecule has 2 aromatic carbocycles. The molecule has 0 amide bonds. The zero-order valence-electron chi connectivity index (χ0n) is 12.5. The first kappa shape index (κ1) is 15.2. The lowest BCUT2D eigenvalue weighted by Gasteiger charge is -2.39. The van der Waals surface area contributed by atoms with Crippen molar-refractivity contribution in [1.82, 2.24) is 5.32 Å². The van der Waals surface area contributed by atoms with E-state index < -0.39 is 0 Å². The molecule has 0 radical (unpaired) electrons. The van der Waals surface area contributed by atoms with Crippen LogP contribution in [-0.2, 0) is 13.0 Å². The number of hydrogen-bond donors (Lipinski definition) is 3. The first-order valence-corrected chi connectivity index (χ1v) is 7.51. The average molecular weight is 318 g/mol. The molecular formula is C18H20ClNO2. The maximum Gasteiger partial charge on any atom is 0.157 e. The molecule has 2 atom stereocenters. The molecule has 4 heteroatoms. The molecule has 2 aliphatic rings. The van der Waals surface area contributed by atoms with E-state index in [1.54, 1.807) is 12.1 Å². The highest BCUT2D eigenvalue weighted by Gasteiger charge is 2.35. The fourth-order valence-corrected chi connectivity index (χ4v) is 3.85. The Bertz CT molecular complexity index is 729. The summed E-state index contributed by atoms with van der Waals surface area (Å²) in [4.78, 5) is 0. The van der Waals surface area contributed by atoms with Crippen LogP contribution in [0.5, 0.6) is 11.5 Å². The molecule has 2 aromatic rings. The largest absolute Gasteiger partial charge is 0.504 e. The molecule has 116 valence electrons. The first-order valence-electron chi connectivity index (χ1n) is 7.51. The topological polar surface area (TPSA) is 52.5 Å². The maximum absolute atomic E-state index is 9.90. The molecule has 22 heavy (non-hydrogen) atoms. The lowest BCUT2D eigenvalue weighted by Crippen LogP contribution is -2.42. The number of aryl methyl sites for hydroxylation is 2. The minimum atomic E-state index is -0.0193. The van der Waals surface area contributed by atoms with Gasteiger partial charge in [-0.25, -0.2) is 0 Å². The highest BCUT2D eigenvalue weighted by molar-refractivity contribution is 5.85. The molecule has 1 heterocycles. The van der Waals surface area contributed by atoms with Gasteiger partial charge < -0.3 is 15.5 Å². The standard InChI is InChI=1S/C18H19NO2.ClH/c1-10-2-3-12-9-19-15-5-4-11-7-16(20)17(21)8-14(11)18(15)13(12)6-10;/h2-3,6-8,15,18-21H,4-5,9H2,1H3;1H. The van der Waals surface area contributed by atoms with E-state index in [0.717, 1.165) is 30.5 Å². The number of aromatic hydroxyl groups is 2. The van der Waals surface area contributed by atoms with Crippen molar-refractivity contribution in [3.63, 3.8) is 0 Å². The van der Waals surface area contributed by atoms with E-state index in [-0.39, 0.29) is 29.8 Å². The van der Waals surface area contributed by atoms with Crippen molar-refractivity contribution in [3.8, 4) is 11.5 Å². The highest BCUT2D eigenvalue weighted by atomic mass is 35.5. The van der Waals surface area contributed by atoms with Crippen LogP contribution >= 0.6 is 12.4 Å². The van der Waals surface area contributed by atoms with Gasteiger partial charge in [0.15, 0.2) is 11.5 Å². The van der Waals surface area contributed by atoms with Crippen molar-refractivity contribution in [3.05, 3.63) is 58.1 Å². The Kier molecular flexibility index (Phi) is 3.79. The quantitative estimate of drug-likeness (QED) is 0.653. The van der Waals surface area contributed by atoms with E-state index in [2.05, 4.69) is 30.4 Å². The summed E-state index contributed by atoms with van der Waals surface area (Å²) in [5, 5.41) is 23.3. The summed E-state index contributed by atoms with van der Waals surface area (Å²) in [5.74, 6) is 0.235. The SMILES string of the molecule is Cc1ccc2c(c1)C1c3cc(O)c(O)cc3CCC1NC2.Cl. The van der Waals surface area contributed by atoms with Crippen molar-refractivity contribution < 1.29 is 10.2 Å². The Morgan fingerprint density at radius 2 is 1.73 bits per heavy atom. The van der Waals surface area contributed by atoms with Crippen LogP contribution in [0.2, 0.25) is 0 Å². The number of phenolic OH excluding ortho intramolecular Hbond substituents is 2. The van der Waals surface area contributed by atoms with Crippen LogP contribution in [0.15, 0.2) is 30.3 Å². The van der Waals surface area contributed by atoms with Gasteiger partial charge in [-0.1, -0.05) is 23.8 Å². The van der Waals surface area contributed by atoms with Crippen molar-refractivity contribution in [1.29, 1.82) is 0 Å². The Morgan fingerprint density at radius 1 is 1.00 bits per heavy atom. The number of rotatable bonds is 0. The monoisotopic (exact) mass is 317 g/mol. The normalized spacial score (nSPS) is 22.0. The van der Waals surface area contributed by atoms with Gasteiger partial charge in [0.25, 0.3) is 0 Å². The number of phenols is 2. The van der Waals surface area contributed by atoms with E-state index in [1.807, 2.05) is 0 Å². The molecule has 3 N–H and O–H groups in total. The predicted octanol–water partition coefficient (Wildman–Crippen LogP) is 3.38. The highest BCUT2D eigenvalue weighted by Crippen LogP contribution is 2.44. The third kappa shape index (κ3) is 2.25. The van der Waals surface area contributed by atoms with Gasteiger partial charge in [-0.15, -0.1) is 12.4 Å². The molecule has 0 saturated carbocycles. The fraction of sp³-hybridized carbons (Fsp3) is 0.333. The van der Waals surface area contributed by atoms with Crippen LogP contribution in [0.1, 0.15) is 40.2 Å². The van der Waals surface area contributed by atoms with Crippen molar-refractivity contribution in [2.24, 2.45) is 0 Å². The summed E-state index contributed by atoms with van der Waals surface area (Å²) in [5.41, 5.74) is 6.28. The van der Waals surface area contributed by atoms with Crippen LogP contribution < -0.4 is 5.32 Å². The molecule has 2 unspecified atom stereocenters. The van der Waals surface area contributed by atoms with Gasteiger partial charge >= 0.3 is 0 Å². The zero-order chi connectivity index (χ0) is 14.6. The van der Waals surface area contributed by atoms with Gasteiger partial charge in [-0.05, 0) is 54.2 Å². The summed E-state index contributed by atoms with van der Waals surface area (Å²) in [6, 6.07) is 10.5. The van der Waals surface area contributed by atoms with Crippen LogP contribution in [0.25, 0.3) is 0 Å². The van der Waals surface area contributed by atoms with Crippen LogP contribution in [0.3, 0.4) is 0 Å². The maximum atomic E-state index is 9.90. The van der Waals surface area contributed by atoms with Gasteiger partial charge in [0.1, 0.15) is 0 Å². The fourth-order valence-electron chi connectivity index (χ4n) is 3.85. The Balaban J connectivity index is 0.00000144. The predicted molar refractivity (Wildman–Crippen MR) is 89.0 cm³/mol. The number of benzene rings is 2. The second kappa shape index (κ2) is 5.49. The molecule has 1 aliphatic heterocycles. The third-order valence-corrected chi connectivity index (χ3v) is 4.89. The lowest BCUT2D eigenvalue weighted by molar-refractivity contribution is 0.380. The minimum absolute atomic E-state index is 0. The van der Waals surface area contributed by atoms with Crippen molar-refractivity contribution >= 4 is 12.4 Å². The van der Waals surface area contributed by atoms with Crippen molar-refractivity contribution in [2.75, 3.05) is 0 Å². The molecule has 0 spiro atoms. The molecule has 0 saturated heterocycles. The molecule has 1 aliphatic carbocycles. The number of halogens is 1. The van der Waals surface area contributed by atoms with Gasteiger partial charge in [-0.3, -0.25) is 0 Å². The number of hydrogen-bond acceptors (Lipinski definition) is 3. The van der Waals surface area contributed by atoms with Gasteiger partial charge in [0.2, 0.25) is 0 Å². The molecule has 0 bridgehead atoms. The molecular weight excluding hydrogens is 298 g/mol. The third-order valence-electron chi connectivity index (χ3n) is 4.89. The second-order valence-electron chi connectivity index (χ2n) is 6.25. The molecule has 4 rings (SSSR count). The van der Waals surface area contributed by atoms with Crippen LogP contribution in [-0.4, -0.2) is 16.3 Å². The van der Waals surface area contributed by atoms with Crippen molar-refractivity contribution in [2.45, 2.75) is 38.3 Å². The van der Waals surface area contributed by atoms with Gasteiger partial charge in [0.05, 0.1) is 0 Å². The Hall–Kier alpha value is -1.71. The van der Waals surface area contributed by atoms with E-state index in [1.165, 1.54) is 16.7 Å². The summed E-state index contributed by atoms with van der Waals surface area (Å²) < 4.78 is 0. The molecule has 0 aromatic heterocycles.